The van der Waals surface area contributed by atoms with Crippen LogP contribution < -0.4 is 11.3 Å². The van der Waals surface area contributed by atoms with Crippen molar-refractivity contribution in [2.24, 2.45) is 17.7 Å². The van der Waals surface area contributed by atoms with E-state index in [0.29, 0.717) is 11.8 Å². The molecule has 0 aromatic rings. The molecule has 3 heteroatoms. The van der Waals surface area contributed by atoms with Crippen molar-refractivity contribution in [3.63, 3.8) is 0 Å². The van der Waals surface area contributed by atoms with Gasteiger partial charge >= 0.3 is 0 Å². The van der Waals surface area contributed by atoms with Crippen LogP contribution in [0.15, 0.2) is 0 Å². The van der Waals surface area contributed by atoms with Crippen molar-refractivity contribution in [1.82, 2.24) is 5.43 Å². The summed E-state index contributed by atoms with van der Waals surface area (Å²) >= 11 is 0. The van der Waals surface area contributed by atoms with Gasteiger partial charge in [0.2, 0.25) is 0 Å². The Balaban J connectivity index is 4.48. The molecule has 0 fully saturated rings. The van der Waals surface area contributed by atoms with E-state index in [4.69, 9.17) is 10.6 Å². The quantitative estimate of drug-likeness (QED) is 0.490. The summed E-state index contributed by atoms with van der Waals surface area (Å²) in [5.41, 5.74) is 2.91. The Morgan fingerprint density at radius 2 is 1.71 bits per heavy atom. The maximum Gasteiger partial charge on any atom is 0.0763 e. The van der Waals surface area contributed by atoms with E-state index in [9.17, 15) is 0 Å². The van der Waals surface area contributed by atoms with Gasteiger partial charge in [0.05, 0.1) is 12.1 Å². The summed E-state index contributed by atoms with van der Waals surface area (Å²) in [5.74, 6) is 6.69. The highest BCUT2D eigenvalue weighted by molar-refractivity contribution is 4.83. The van der Waals surface area contributed by atoms with Gasteiger partial charge in [0, 0.05) is 7.11 Å². The fourth-order valence-electron chi connectivity index (χ4n) is 2.13. The van der Waals surface area contributed by atoms with Gasteiger partial charge in [-0.2, -0.15) is 0 Å². The minimum absolute atomic E-state index is 0.199. The number of hydrazine groups is 1. The van der Waals surface area contributed by atoms with Crippen LogP contribution in [0.2, 0.25) is 0 Å². The second kappa shape index (κ2) is 7.21. The molecule has 0 amide bonds. The fourth-order valence-corrected chi connectivity index (χ4v) is 2.13. The number of methoxy groups -OCH3 is 1. The van der Waals surface area contributed by atoms with Crippen LogP contribution in [-0.2, 0) is 4.74 Å². The molecule has 0 aromatic carbocycles. The molecule has 0 aromatic heterocycles. The molecule has 0 radical (unpaired) electrons. The zero-order valence-electron chi connectivity index (χ0n) is 10.2. The molecule has 3 N–H and O–H groups in total. The molecule has 2 atom stereocenters. The highest BCUT2D eigenvalue weighted by atomic mass is 16.5. The lowest BCUT2D eigenvalue weighted by molar-refractivity contribution is 0.0131. The maximum absolute atomic E-state index is 5.61. The third-order valence-electron chi connectivity index (χ3n) is 3.03. The predicted molar refractivity (Wildman–Crippen MR) is 60.8 cm³/mol. The van der Waals surface area contributed by atoms with Crippen LogP contribution in [0.3, 0.4) is 0 Å². The molecule has 14 heavy (non-hydrogen) atoms. The normalized spacial score (nSPS) is 16.3. The summed E-state index contributed by atoms with van der Waals surface area (Å²) in [5, 5.41) is 0. The van der Waals surface area contributed by atoms with E-state index in [2.05, 4.69) is 33.1 Å². The predicted octanol–water partition coefficient (Wildman–Crippen LogP) is 1.93. The number of nitrogens with two attached hydrogens (primary N) is 1. The summed E-state index contributed by atoms with van der Waals surface area (Å²) in [7, 11) is 1.76. The molecular formula is C11H26N2O. The number of rotatable bonds is 7. The average Bonchev–Trinajstić information content (AvgIpc) is 2.17. The van der Waals surface area contributed by atoms with Crippen LogP contribution in [0.4, 0.5) is 0 Å². The zero-order valence-corrected chi connectivity index (χ0v) is 10.2. The first kappa shape index (κ1) is 13.9. The van der Waals surface area contributed by atoms with Crippen LogP contribution in [0.5, 0.6) is 0 Å². The number of hydrogen-bond donors (Lipinski definition) is 2. The second-order valence-corrected chi connectivity index (χ2v) is 4.21. The van der Waals surface area contributed by atoms with Crippen molar-refractivity contribution in [1.29, 1.82) is 0 Å². The van der Waals surface area contributed by atoms with Crippen molar-refractivity contribution in [2.45, 2.75) is 52.7 Å². The molecule has 0 aliphatic rings. The Morgan fingerprint density at radius 1 is 1.21 bits per heavy atom. The minimum atomic E-state index is 0.199. The third-order valence-corrected chi connectivity index (χ3v) is 3.03. The highest BCUT2D eigenvalue weighted by Crippen LogP contribution is 2.21. The molecule has 0 spiro atoms. The first-order valence-corrected chi connectivity index (χ1v) is 5.61. The lowest BCUT2D eigenvalue weighted by Crippen LogP contribution is -2.51. The Bertz CT molecular complexity index is 135. The van der Waals surface area contributed by atoms with Crippen LogP contribution in [0, 0.1) is 11.8 Å². The largest absolute Gasteiger partial charge is 0.380 e. The lowest BCUT2D eigenvalue weighted by atomic mass is 9.86. The summed E-state index contributed by atoms with van der Waals surface area (Å²) in [6, 6.07) is 0.259. The Labute approximate surface area is 88.4 Å². The van der Waals surface area contributed by atoms with Crippen molar-refractivity contribution in [3.8, 4) is 0 Å². The maximum atomic E-state index is 5.61. The zero-order chi connectivity index (χ0) is 11.1. The lowest BCUT2D eigenvalue weighted by Gasteiger charge is -2.33. The monoisotopic (exact) mass is 202 g/mol. The van der Waals surface area contributed by atoms with E-state index < -0.39 is 0 Å². The number of ether oxygens (including phenoxy) is 1. The van der Waals surface area contributed by atoms with Gasteiger partial charge in [-0.1, -0.05) is 40.5 Å². The van der Waals surface area contributed by atoms with Crippen molar-refractivity contribution >= 4 is 0 Å². The molecular weight excluding hydrogens is 176 g/mol. The minimum Gasteiger partial charge on any atom is -0.380 e. The van der Waals surface area contributed by atoms with Crippen LogP contribution in [-0.4, -0.2) is 19.3 Å². The van der Waals surface area contributed by atoms with E-state index in [0.717, 1.165) is 12.8 Å². The highest BCUT2D eigenvalue weighted by Gasteiger charge is 2.28. The molecule has 86 valence electrons. The van der Waals surface area contributed by atoms with Crippen LogP contribution >= 0.6 is 0 Å². The second-order valence-electron chi connectivity index (χ2n) is 4.21. The third kappa shape index (κ3) is 3.56. The number of nitrogens with one attached hydrogen (secondary N) is 1. The van der Waals surface area contributed by atoms with Gasteiger partial charge in [-0.15, -0.1) is 0 Å². The van der Waals surface area contributed by atoms with Gasteiger partial charge in [-0.05, 0) is 11.8 Å². The molecule has 0 saturated heterocycles. The molecule has 0 bridgehead atoms. The Morgan fingerprint density at radius 3 is 1.93 bits per heavy atom. The molecule has 3 nitrogen and oxygen atoms in total. The standard InChI is InChI=1S/C11H26N2O/c1-6-9(7-2)10(13-12)11(14-5)8(3)4/h8-11,13H,6-7,12H2,1-5H3. The van der Waals surface area contributed by atoms with Gasteiger partial charge in [0.1, 0.15) is 0 Å². The smallest absolute Gasteiger partial charge is 0.0763 e. The summed E-state index contributed by atoms with van der Waals surface area (Å²) < 4.78 is 5.51. The van der Waals surface area contributed by atoms with E-state index in [1.54, 1.807) is 7.11 Å². The van der Waals surface area contributed by atoms with Gasteiger partial charge in [-0.3, -0.25) is 11.3 Å². The molecule has 0 aliphatic carbocycles. The molecule has 0 heterocycles. The topological polar surface area (TPSA) is 47.3 Å². The Hall–Kier alpha value is -0.120. The van der Waals surface area contributed by atoms with E-state index >= 15 is 0 Å². The molecule has 0 aliphatic heterocycles. The summed E-state index contributed by atoms with van der Waals surface area (Å²) in [6.07, 6.45) is 2.47. The fraction of sp³-hybridized carbons (Fsp3) is 1.00. The van der Waals surface area contributed by atoms with Gasteiger partial charge in [0.25, 0.3) is 0 Å². The van der Waals surface area contributed by atoms with Crippen LogP contribution in [0.25, 0.3) is 0 Å². The molecule has 2 unspecified atom stereocenters. The van der Waals surface area contributed by atoms with Crippen molar-refractivity contribution in [3.05, 3.63) is 0 Å². The molecule has 0 saturated carbocycles. The first-order valence-electron chi connectivity index (χ1n) is 5.61. The average molecular weight is 202 g/mol. The first-order chi connectivity index (χ1) is 6.62. The van der Waals surface area contributed by atoms with Gasteiger partial charge in [-0.25, -0.2) is 0 Å². The van der Waals surface area contributed by atoms with Crippen LogP contribution in [0.1, 0.15) is 40.5 Å². The molecule has 0 rings (SSSR count). The van der Waals surface area contributed by atoms with Gasteiger partial charge < -0.3 is 4.74 Å². The summed E-state index contributed by atoms with van der Waals surface area (Å²) in [6.45, 7) is 8.74. The summed E-state index contributed by atoms with van der Waals surface area (Å²) in [4.78, 5) is 0. The van der Waals surface area contributed by atoms with Crippen molar-refractivity contribution in [2.75, 3.05) is 7.11 Å². The number of hydrogen-bond acceptors (Lipinski definition) is 3. The Kier molecular flexibility index (Phi) is 7.15. The van der Waals surface area contributed by atoms with E-state index in [1.165, 1.54) is 0 Å². The van der Waals surface area contributed by atoms with Gasteiger partial charge in [0.15, 0.2) is 0 Å². The van der Waals surface area contributed by atoms with Crippen molar-refractivity contribution < 1.29 is 4.74 Å². The van der Waals surface area contributed by atoms with E-state index in [-0.39, 0.29) is 12.1 Å². The van der Waals surface area contributed by atoms with E-state index in [1.807, 2.05) is 0 Å². The SMILES string of the molecule is CCC(CC)C(NN)C(OC)C(C)C.